The van der Waals surface area contributed by atoms with Gasteiger partial charge in [-0.3, -0.25) is 0 Å². The van der Waals surface area contributed by atoms with Gasteiger partial charge in [-0.1, -0.05) is 78.9 Å². The molecule has 142 valence electrons. The van der Waals surface area contributed by atoms with E-state index >= 15 is 0 Å². The van der Waals surface area contributed by atoms with E-state index in [9.17, 15) is 9.50 Å². The van der Waals surface area contributed by atoms with Crippen molar-refractivity contribution in [2.45, 2.75) is 0 Å². The van der Waals surface area contributed by atoms with Gasteiger partial charge in [0.25, 0.3) is 0 Å². The molecule has 0 aliphatic rings. The maximum absolute atomic E-state index is 14.7. The van der Waals surface area contributed by atoms with Gasteiger partial charge in [-0.2, -0.15) is 0 Å². The number of halogens is 1. The molecule has 1 nitrogen and oxygen atoms in total. The Morgan fingerprint density at radius 1 is 0.500 bits per heavy atom. The Hall–Kier alpha value is -3.91. The molecule has 0 saturated carbocycles. The SMILES string of the molecule is Oc1cc(-c2ccccc2F)c2c(ccc3c4ccc5ccccc5c4ccc32)c1. The first-order valence-corrected chi connectivity index (χ1v) is 9.95. The maximum Gasteiger partial charge on any atom is 0.131 e. The highest BCUT2D eigenvalue weighted by Gasteiger charge is 2.14. The molecule has 0 spiro atoms. The van der Waals surface area contributed by atoms with E-state index in [-0.39, 0.29) is 11.6 Å². The predicted octanol–water partition coefficient (Wildman–Crippen LogP) is 7.81. The second kappa shape index (κ2) is 6.30. The van der Waals surface area contributed by atoms with Gasteiger partial charge >= 0.3 is 0 Å². The van der Waals surface area contributed by atoms with Gasteiger partial charge in [0.1, 0.15) is 11.6 Å². The average molecular weight is 388 g/mol. The van der Waals surface area contributed by atoms with Crippen molar-refractivity contribution in [1.82, 2.24) is 0 Å². The lowest BCUT2D eigenvalue weighted by Crippen LogP contribution is -1.89. The molecule has 0 atom stereocenters. The van der Waals surface area contributed by atoms with E-state index in [2.05, 4.69) is 54.6 Å². The molecule has 0 aromatic heterocycles. The van der Waals surface area contributed by atoms with Crippen LogP contribution in [-0.2, 0) is 0 Å². The zero-order valence-corrected chi connectivity index (χ0v) is 16.1. The first-order valence-electron chi connectivity index (χ1n) is 9.95. The summed E-state index contributed by atoms with van der Waals surface area (Å²) in [6.07, 6.45) is 0. The van der Waals surface area contributed by atoms with E-state index in [4.69, 9.17) is 0 Å². The van der Waals surface area contributed by atoms with Crippen LogP contribution in [0.2, 0.25) is 0 Å². The van der Waals surface area contributed by atoms with Crippen molar-refractivity contribution < 1.29 is 9.50 Å². The molecule has 0 radical (unpaired) electrons. The summed E-state index contributed by atoms with van der Waals surface area (Å²) in [5.41, 5.74) is 1.19. The summed E-state index contributed by atoms with van der Waals surface area (Å²) in [7, 11) is 0. The first kappa shape index (κ1) is 17.0. The molecule has 0 aliphatic heterocycles. The zero-order chi connectivity index (χ0) is 20.2. The molecule has 0 fully saturated rings. The summed E-state index contributed by atoms with van der Waals surface area (Å²) in [4.78, 5) is 0. The maximum atomic E-state index is 14.7. The fraction of sp³-hybridized carbons (Fsp3) is 0. The van der Waals surface area contributed by atoms with Gasteiger partial charge in [0.05, 0.1) is 0 Å². The quantitative estimate of drug-likeness (QED) is 0.285. The summed E-state index contributed by atoms with van der Waals surface area (Å²) < 4.78 is 14.7. The standard InChI is InChI=1S/C28H17FO/c29-27-8-4-3-7-24(27)26-16-19(30)15-18-10-12-23-22-11-9-17-5-1-2-6-20(17)21(22)13-14-25(23)28(18)26/h1-16,30H. The fourth-order valence-electron chi connectivity index (χ4n) is 4.66. The molecule has 6 aromatic rings. The highest BCUT2D eigenvalue weighted by Crippen LogP contribution is 2.41. The van der Waals surface area contributed by atoms with Crippen LogP contribution in [0.15, 0.2) is 97.1 Å². The Balaban J connectivity index is 1.80. The Kier molecular flexibility index (Phi) is 3.57. The number of aromatic hydroxyl groups is 1. The molecule has 0 heterocycles. The molecule has 0 amide bonds. The number of hydrogen-bond donors (Lipinski definition) is 1. The lowest BCUT2D eigenvalue weighted by molar-refractivity contribution is 0.476. The molecule has 2 heteroatoms. The zero-order valence-electron chi connectivity index (χ0n) is 16.1. The second-order valence-corrected chi connectivity index (χ2v) is 7.68. The van der Waals surface area contributed by atoms with Crippen LogP contribution in [0.1, 0.15) is 0 Å². The number of benzene rings is 6. The van der Waals surface area contributed by atoms with Gasteiger partial charge < -0.3 is 5.11 Å². The van der Waals surface area contributed by atoms with Crippen molar-refractivity contribution in [3.05, 3.63) is 103 Å². The molecular formula is C28H17FO. The average Bonchev–Trinajstić information content (AvgIpc) is 2.78. The van der Waals surface area contributed by atoms with Crippen LogP contribution in [0.25, 0.3) is 54.2 Å². The van der Waals surface area contributed by atoms with Crippen LogP contribution < -0.4 is 0 Å². The lowest BCUT2D eigenvalue weighted by Gasteiger charge is -2.14. The van der Waals surface area contributed by atoms with Crippen molar-refractivity contribution >= 4 is 43.1 Å². The monoisotopic (exact) mass is 388 g/mol. The van der Waals surface area contributed by atoms with Crippen LogP contribution in [0.3, 0.4) is 0 Å². The third-order valence-corrected chi connectivity index (χ3v) is 5.98. The minimum absolute atomic E-state index is 0.131. The van der Waals surface area contributed by atoms with Gasteiger partial charge in [0.2, 0.25) is 0 Å². The summed E-state index contributed by atoms with van der Waals surface area (Å²) in [6.45, 7) is 0. The molecule has 0 saturated heterocycles. The normalized spacial score (nSPS) is 11.6. The molecular weight excluding hydrogens is 371 g/mol. The van der Waals surface area contributed by atoms with E-state index in [0.29, 0.717) is 11.1 Å². The Bertz CT molecular complexity index is 1610. The van der Waals surface area contributed by atoms with Crippen LogP contribution in [-0.4, -0.2) is 5.11 Å². The number of phenols is 1. The Morgan fingerprint density at radius 2 is 1.13 bits per heavy atom. The van der Waals surface area contributed by atoms with Crippen molar-refractivity contribution in [2.75, 3.05) is 0 Å². The van der Waals surface area contributed by atoms with Crippen LogP contribution in [0.5, 0.6) is 5.75 Å². The number of fused-ring (bicyclic) bond motifs is 7. The van der Waals surface area contributed by atoms with Gasteiger partial charge in [0, 0.05) is 5.56 Å². The third-order valence-electron chi connectivity index (χ3n) is 5.98. The largest absolute Gasteiger partial charge is 0.508 e. The fourth-order valence-corrected chi connectivity index (χ4v) is 4.66. The highest BCUT2D eigenvalue weighted by atomic mass is 19.1. The number of phenolic OH excluding ortho intramolecular Hbond substituents is 1. The molecule has 30 heavy (non-hydrogen) atoms. The summed E-state index contributed by atoms with van der Waals surface area (Å²) >= 11 is 0. The topological polar surface area (TPSA) is 20.2 Å². The van der Waals surface area contributed by atoms with Crippen LogP contribution in [0.4, 0.5) is 4.39 Å². The van der Waals surface area contributed by atoms with E-state index in [1.165, 1.54) is 27.6 Å². The highest BCUT2D eigenvalue weighted by molar-refractivity contribution is 6.24. The van der Waals surface area contributed by atoms with E-state index in [1.54, 1.807) is 24.3 Å². The Morgan fingerprint density at radius 3 is 2.00 bits per heavy atom. The predicted molar refractivity (Wildman–Crippen MR) is 124 cm³/mol. The molecule has 0 bridgehead atoms. The van der Waals surface area contributed by atoms with Gasteiger partial charge in [-0.05, 0) is 66.9 Å². The third kappa shape index (κ3) is 2.40. The minimum Gasteiger partial charge on any atom is -0.508 e. The molecule has 0 unspecified atom stereocenters. The second-order valence-electron chi connectivity index (χ2n) is 7.68. The van der Waals surface area contributed by atoms with E-state index in [1.807, 2.05) is 12.1 Å². The smallest absolute Gasteiger partial charge is 0.131 e. The summed E-state index contributed by atoms with van der Waals surface area (Å²) in [6, 6.07) is 31.2. The van der Waals surface area contributed by atoms with E-state index in [0.717, 1.165) is 21.5 Å². The molecule has 6 aromatic carbocycles. The minimum atomic E-state index is -0.298. The van der Waals surface area contributed by atoms with Crippen LogP contribution in [0, 0.1) is 5.82 Å². The Labute approximate surface area is 172 Å². The molecule has 6 rings (SSSR count). The van der Waals surface area contributed by atoms with Crippen LogP contribution >= 0.6 is 0 Å². The van der Waals surface area contributed by atoms with Crippen molar-refractivity contribution in [3.63, 3.8) is 0 Å². The summed E-state index contributed by atoms with van der Waals surface area (Å²) in [5, 5.41) is 19.1. The van der Waals surface area contributed by atoms with Crippen molar-refractivity contribution in [2.24, 2.45) is 0 Å². The van der Waals surface area contributed by atoms with Gasteiger partial charge in [0.15, 0.2) is 0 Å². The van der Waals surface area contributed by atoms with Gasteiger partial charge in [-0.25, -0.2) is 4.39 Å². The lowest BCUT2D eigenvalue weighted by atomic mass is 9.90. The molecule has 1 N–H and O–H groups in total. The first-order chi connectivity index (χ1) is 14.7. The van der Waals surface area contributed by atoms with Crippen molar-refractivity contribution in [3.8, 4) is 16.9 Å². The number of hydrogen-bond acceptors (Lipinski definition) is 1. The van der Waals surface area contributed by atoms with Crippen molar-refractivity contribution in [1.29, 1.82) is 0 Å². The molecule has 0 aliphatic carbocycles. The van der Waals surface area contributed by atoms with E-state index < -0.39 is 0 Å². The summed E-state index contributed by atoms with van der Waals surface area (Å²) in [5.74, 6) is -0.167. The van der Waals surface area contributed by atoms with Gasteiger partial charge in [-0.15, -0.1) is 0 Å². The number of rotatable bonds is 1.